The van der Waals surface area contributed by atoms with Gasteiger partial charge in [-0.25, -0.2) is 9.59 Å². The third kappa shape index (κ3) is 3.38. The van der Waals surface area contributed by atoms with E-state index in [1.54, 1.807) is 27.7 Å². The van der Waals surface area contributed by atoms with Crippen LogP contribution in [0.2, 0.25) is 0 Å². The number of aliphatic hydroxyl groups is 1. The minimum atomic E-state index is -0.908. The maximum atomic E-state index is 12.1. The number of hydrogen-bond donors (Lipinski definition) is 2. The van der Waals surface area contributed by atoms with Crippen LogP contribution >= 0.6 is 0 Å². The van der Waals surface area contributed by atoms with Gasteiger partial charge in [-0.3, -0.25) is 14.3 Å². The van der Waals surface area contributed by atoms with Crippen molar-refractivity contribution in [1.29, 1.82) is 0 Å². The summed E-state index contributed by atoms with van der Waals surface area (Å²) in [6, 6.07) is 0.668. The van der Waals surface area contributed by atoms with E-state index >= 15 is 0 Å². The molecule has 1 aromatic rings. The zero-order valence-corrected chi connectivity index (χ0v) is 13.1. The first-order valence-corrected chi connectivity index (χ1v) is 7.07. The molecule has 122 valence electrons. The highest BCUT2D eigenvalue weighted by molar-refractivity contribution is 5.68. The number of H-pyrrole nitrogens is 1. The van der Waals surface area contributed by atoms with Crippen molar-refractivity contribution in [3.8, 4) is 0 Å². The van der Waals surface area contributed by atoms with E-state index in [2.05, 4.69) is 4.98 Å². The van der Waals surface area contributed by atoms with Crippen LogP contribution in [-0.2, 0) is 4.74 Å². The Labute approximate surface area is 127 Å². The number of aromatic amines is 1. The second kappa shape index (κ2) is 5.60. The highest BCUT2D eigenvalue weighted by Crippen LogP contribution is 2.23. The Morgan fingerprint density at radius 3 is 2.55 bits per heavy atom. The lowest BCUT2D eigenvalue weighted by Gasteiger charge is -2.24. The standard InChI is InChI=1S/C14H21N3O5/c1-8-5-11(19)15-12(20)17(8)9-6-16(7-10(9)18)13(21)22-14(2,3)4/h5,9-10,18H,6-7H2,1-4H3,(H,15,19,20)/t9-,10-/m1/s1. The Balaban J connectivity index is 2.24. The fourth-order valence-corrected chi connectivity index (χ4v) is 2.53. The van der Waals surface area contributed by atoms with E-state index in [9.17, 15) is 19.5 Å². The summed E-state index contributed by atoms with van der Waals surface area (Å²) in [4.78, 5) is 38.8. The Kier molecular flexibility index (Phi) is 4.15. The number of nitrogens with zero attached hydrogens (tertiary/aromatic N) is 2. The summed E-state index contributed by atoms with van der Waals surface area (Å²) in [6.07, 6.45) is -1.45. The van der Waals surface area contributed by atoms with Gasteiger partial charge in [0.15, 0.2) is 0 Å². The lowest BCUT2D eigenvalue weighted by Crippen LogP contribution is -2.38. The van der Waals surface area contributed by atoms with Crippen LogP contribution in [-0.4, -0.2) is 50.4 Å². The summed E-state index contributed by atoms with van der Waals surface area (Å²) in [5.41, 5.74) is -1.29. The summed E-state index contributed by atoms with van der Waals surface area (Å²) < 4.78 is 6.57. The molecule has 8 heteroatoms. The fraction of sp³-hybridized carbons (Fsp3) is 0.643. The Morgan fingerprint density at radius 2 is 2.00 bits per heavy atom. The lowest BCUT2D eigenvalue weighted by molar-refractivity contribution is 0.0270. The molecular weight excluding hydrogens is 290 g/mol. The highest BCUT2D eigenvalue weighted by atomic mass is 16.6. The number of nitrogens with one attached hydrogen (secondary N) is 1. The average molecular weight is 311 g/mol. The van der Waals surface area contributed by atoms with Gasteiger partial charge in [0.2, 0.25) is 0 Å². The molecule has 1 fully saturated rings. The zero-order chi connectivity index (χ0) is 16.7. The number of ether oxygens (including phenoxy) is 1. The molecule has 1 saturated heterocycles. The first-order chi connectivity index (χ1) is 10.1. The van der Waals surface area contributed by atoms with Gasteiger partial charge in [0.1, 0.15) is 5.60 Å². The molecule has 1 aliphatic heterocycles. The lowest BCUT2D eigenvalue weighted by atomic mass is 10.2. The monoisotopic (exact) mass is 311 g/mol. The summed E-state index contributed by atoms with van der Waals surface area (Å²) >= 11 is 0. The minimum absolute atomic E-state index is 0.0740. The van der Waals surface area contributed by atoms with Crippen LogP contribution < -0.4 is 11.2 Å². The van der Waals surface area contributed by atoms with Crippen LogP contribution in [0, 0.1) is 6.92 Å². The molecule has 22 heavy (non-hydrogen) atoms. The minimum Gasteiger partial charge on any atom is -0.444 e. The van der Waals surface area contributed by atoms with Gasteiger partial charge in [-0.1, -0.05) is 0 Å². The van der Waals surface area contributed by atoms with Crippen LogP contribution in [0.4, 0.5) is 4.79 Å². The second-order valence-electron chi connectivity index (χ2n) is 6.47. The first kappa shape index (κ1) is 16.3. The van der Waals surface area contributed by atoms with Gasteiger partial charge in [-0.15, -0.1) is 0 Å². The number of aryl methyl sites for hydroxylation is 1. The predicted octanol–water partition coefficient (Wildman–Crippen LogP) is -0.00228. The van der Waals surface area contributed by atoms with Crippen molar-refractivity contribution in [1.82, 2.24) is 14.5 Å². The van der Waals surface area contributed by atoms with Gasteiger partial charge >= 0.3 is 11.8 Å². The SMILES string of the molecule is Cc1cc(=O)[nH]c(=O)n1[C@@H]1CN(C(=O)OC(C)(C)C)C[C@H]1O. The maximum Gasteiger partial charge on any atom is 0.410 e. The number of carbonyl (C=O) groups excluding carboxylic acids is 1. The third-order valence-electron chi connectivity index (χ3n) is 3.41. The summed E-state index contributed by atoms with van der Waals surface area (Å²) in [5, 5.41) is 10.2. The number of likely N-dealkylation sites (tertiary alicyclic amines) is 1. The van der Waals surface area contributed by atoms with Crippen molar-refractivity contribution >= 4 is 6.09 Å². The second-order valence-corrected chi connectivity index (χ2v) is 6.47. The van der Waals surface area contributed by atoms with E-state index in [0.29, 0.717) is 5.69 Å². The zero-order valence-electron chi connectivity index (χ0n) is 13.1. The smallest absolute Gasteiger partial charge is 0.410 e. The number of β-amino-alcohol motifs (C(OH)–C–C–N with tert-alkyl or cyclic N) is 1. The quantitative estimate of drug-likeness (QED) is 0.759. The van der Waals surface area contributed by atoms with E-state index in [-0.39, 0.29) is 13.1 Å². The molecule has 0 bridgehead atoms. The largest absolute Gasteiger partial charge is 0.444 e. The van der Waals surface area contributed by atoms with Crippen LogP contribution in [0.1, 0.15) is 32.5 Å². The molecular formula is C14H21N3O5. The van der Waals surface area contributed by atoms with Crippen LogP contribution in [0.5, 0.6) is 0 Å². The third-order valence-corrected chi connectivity index (χ3v) is 3.41. The molecule has 1 amide bonds. The van der Waals surface area contributed by atoms with E-state index < -0.39 is 35.1 Å². The van der Waals surface area contributed by atoms with Gasteiger partial charge in [-0.2, -0.15) is 0 Å². The van der Waals surface area contributed by atoms with Gasteiger partial charge in [0.25, 0.3) is 5.56 Å². The van der Waals surface area contributed by atoms with E-state index in [4.69, 9.17) is 4.74 Å². The molecule has 8 nitrogen and oxygen atoms in total. The Morgan fingerprint density at radius 1 is 1.36 bits per heavy atom. The number of hydrogen-bond acceptors (Lipinski definition) is 5. The Bertz CT molecular complexity index is 685. The normalized spacial score (nSPS) is 22.0. The van der Waals surface area contributed by atoms with Crippen molar-refractivity contribution in [2.24, 2.45) is 0 Å². The molecule has 1 aromatic heterocycles. The molecule has 0 saturated carbocycles. The number of aromatic nitrogens is 2. The molecule has 0 aliphatic carbocycles. The number of aliphatic hydroxyl groups excluding tert-OH is 1. The van der Waals surface area contributed by atoms with Gasteiger partial charge in [0.05, 0.1) is 18.7 Å². The Hall–Kier alpha value is -2.09. The van der Waals surface area contributed by atoms with Crippen LogP contribution in [0.3, 0.4) is 0 Å². The number of carbonyl (C=O) groups is 1. The molecule has 2 N–H and O–H groups in total. The topological polar surface area (TPSA) is 105 Å². The molecule has 0 aromatic carbocycles. The van der Waals surface area contributed by atoms with Crippen molar-refractivity contribution in [3.05, 3.63) is 32.6 Å². The van der Waals surface area contributed by atoms with Crippen LogP contribution in [0.25, 0.3) is 0 Å². The summed E-state index contributed by atoms with van der Waals surface area (Å²) in [5.74, 6) is 0. The molecule has 0 radical (unpaired) electrons. The first-order valence-electron chi connectivity index (χ1n) is 7.07. The van der Waals surface area contributed by atoms with Crippen molar-refractivity contribution in [2.45, 2.75) is 45.4 Å². The van der Waals surface area contributed by atoms with E-state index in [1.807, 2.05) is 0 Å². The van der Waals surface area contributed by atoms with Gasteiger partial charge in [-0.05, 0) is 27.7 Å². The molecule has 0 unspecified atom stereocenters. The number of amides is 1. The van der Waals surface area contributed by atoms with Crippen molar-refractivity contribution in [2.75, 3.05) is 13.1 Å². The van der Waals surface area contributed by atoms with Crippen LogP contribution in [0.15, 0.2) is 15.7 Å². The van der Waals surface area contributed by atoms with Gasteiger partial charge < -0.3 is 14.7 Å². The molecule has 1 aliphatic rings. The fourth-order valence-electron chi connectivity index (χ4n) is 2.53. The van der Waals surface area contributed by atoms with E-state index in [1.165, 1.54) is 15.5 Å². The molecule has 0 spiro atoms. The summed E-state index contributed by atoms with van der Waals surface area (Å²) in [6.45, 7) is 7.09. The number of rotatable bonds is 1. The molecule has 2 atom stereocenters. The summed E-state index contributed by atoms with van der Waals surface area (Å²) in [7, 11) is 0. The predicted molar refractivity (Wildman–Crippen MR) is 78.9 cm³/mol. The van der Waals surface area contributed by atoms with E-state index in [0.717, 1.165) is 0 Å². The van der Waals surface area contributed by atoms with Gasteiger partial charge in [0, 0.05) is 18.3 Å². The van der Waals surface area contributed by atoms with Crippen molar-refractivity contribution < 1.29 is 14.6 Å². The maximum absolute atomic E-state index is 12.1. The molecule has 2 heterocycles. The molecule has 2 rings (SSSR count). The van der Waals surface area contributed by atoms with Crippen molar-refractivity contribution in [3.63, 3.8) is 0 Å². The average Bonchev–Trinajstić information content (AvgIpc) is 2.68. The highest BCUT2D eigenvalue weighted by Gasteiger charge is 2.38.